The van der Waals surface area contributed by atoms with E-state index in [4.69, 9.17) is 4.74 Å². The Morgan fingerprint density at radius 3 is 2.32 bits per heavy atom. The molecule has 176 valence electrons. The second kappa shape index (κ2) is 9.84. The van der Waals surface area contributed by atoms with Crippen LogP contribution in [0.1, 0.15) is 73.1 Å². The monoisotopic (exact) mass is 455 g/mol. The molecule has 3 aromatic carbocycles. The first-order valence-electron chi connectivity index (χ1n) is 12.1. The van der Waals surface area contributed by atoms with Crippen molar-refractivity contribution in [1.82, 2.24) is 0 Å². The van der Waals surface area contributed by atoms with E-state index in [-0.39, 0.29) is 17.1 Å². The average Bonchev–Trinajstić information content (AvgIpc) is 2.83. The van der Waals surface area contributed by atoms with Crippen LogP contribution in [0, 0.1) is 0 Å². The molecule has 4 nitrogen and oxygen atoms in total. The van der Waals surface area contributed by atoms with E-state index >= 15 is 0 Å². The summed E-state index contributed by atoms with van der Waals surface area (Å²) in [6.45, 7) is 8.19. The van der Waals surface area contributed by atoms with Gasteiger partial charge in [0.2, 0.25) is 0 Å². The number of benzene rings is 3. The minimum Gasteiger partial charge on any atom is -0.481 e. The van der Waals surface area contributed by atoms with Gasteiger partial charge in [0, 0.05) is 16.8 Å². The molecule has 0 unspecified atom stereocenters. The molecule has 0 saturated heterocycles. The zero-order chi connectivity index (χ0) is 24.3. The number of amides is 1. The second-order valence-corrected chi connectivity index (χ2v) is 10.1. The number of ether oxygens (including phenoxy) is 1. The predicted octanol–water partition coefficient (Wildman–Crippen LogP) is 6.50. The molecule has 4 heteroatoms. The molecule has 0 radical (unpaired) electrons. The lowest BCUT2D eigenvalue weighted by Crippen LogP contribution is -2.30. The number of nitrogens with one attached hydrogen (secondary N) is 1. The van der Waals surface area contributed by atoms with E-state index in [1.807, 2.05) is 36.4 Å². The van der Waals surface area contributed by atoms with Crippen molar-refractivity contribution in [3.8, 4) is 5.75 Å². The largest absolute Gasteiger partial charge is 0.481 e. The maximum absolute atomic E-state index is 13.0. The predicted molar refractivity (Wildman–Crippen MR) is 137 cm³/mol. The van der Waals surface area contributed by atoms with Gasteiger partial charge in [-0.1, -0.05) is 69.3 Å². The molecule has 3 aromatic rings. The highest BCUT2D eigenvalue weighted by Crippen LogP contribution is 2.30. The molecule has 4 rings (SSSR count). The molecule has 1 N–H and O–H groups in total. The number of anilines is 1. The summed E-state index contributed by atoms with van der Waals surface area (Å²) in [6.07, 6.45) is 3.74. The third-order valence-corrected chi connectivity index (χ3v) is 6.43. The summed E-state index contributed by atoms with van der Waals surface area (Å²) in [5.74, 6) is 0.479. The van der Waals surface area contributed by atoms with Crippen LogP contribution in [0.5, 0.6) is 5.75 Å². The quantitative estimate of drug-likeness (QED) is 0.432. The summed E-state index contributed by atoms with van der Waals surface area (Å²) < 4.78 is 6.05. The normalized spacial score (nSPS) is 14.1. The van der Waals surface area contributed by atoms with E-state index in [9.17, 15) is 9.59 Å². The van der Waals surface area contributed by atoms with E-state index in [1.165, 1.54) is 23.1 Å². The fourth-order valence-corrected chi connectivity index (χ4v) is 4.37. The lowest BCUT2D eigenvalue weighted by molar-refractivity contribution is -0.122. The zero-order valence-electron chi connectivity index (χ0n) is 20.5. The second-order valence-electron chi connectivity index (χ2n) is 10.1. The molecule has 0 spiro atoms. The van der Waals surface area contributed by atoms with Crippen LogP contribution in [0.3, 0.4) is 0 Å². The third-order valence-electron chi connectivity index (χ3n) is 6.43. The van der Waals surface area contributed by atoms with Crippen molar-refractivity contribution in [3.63, 3.8) is 0 Å². The van der Waals surface area contributed by atoms with Crippen LogP contribution in [0.2, 0.25) is 0 Å². The first kappa shape index (κ1) is 23.7. The molecule has 1 atom stereocenters. The maximum Gasteiger partial charge on any atom is 0.265 e. The lowest BCUT2D eigenvalue weighted by atomic mass is 9.86. The lowest BCUT2D eigenvalue weighted by Gasteiger charge is -2.22. The van der Waals surface area contributed by atoms with Crippen LogP contribution in [0.15, 0.2) is 66.7 Å². The summed E-state index contributed by atoms with van der Waals surface area (Å²) in [6, 6.07) is 20.9. The Bertz CT molecular complexity index is 1190. The minimum absolute atomic E-state index is 0.0313. The van der Waals surface area contributed by atoms with Crippen molar-refractivity contribution in [1.29, 1.82) is 0 Å². The van der Waals surface area contributed by atoms with Gasteiger partial charge < -0.3 is 10.1 Å². The molecular weight excluding hydrogens is 422 g/mol. The standard InChI is InChI=1S/C30H33NO3/c1-20(34-27-14-8-10-21-9-5-6-13-26(21)27)29(33)31-25-12-7-11-23(19-25)28(32)22-15-17-24(18-16-22)30(2,3)4/h7-8,10-12,14-20H,5-6,9,13H2,1-4H3,(H,31,33)/t20-/m0/s1. The topological polar surface area (TPSA) is 55.4 Å². The number of carbonyl (C=O) groups is 2. The number of ketones is 1. The van der Waals surface area contributed by atoms with Gasteiger partial charge in [0.15, 0.2) is 11.9 Å². The summed E-state index contributed by atoms with van der Waals surface area (Å²) in [4.78, 5) is 25.9. The highest BCUT2D eigenvalue weighted by Gasteiger charge is 2.20. The molecule has 34 heavy (non-hydrogen) atoms. The van der Waals surface area contributed by atoms with Gasteiger partial charge in [0.1, 0.15) is 5.75 Å². The molecule has 0 aromatic heterocycles. The molecule has 0 aliphatic heterocycles. The number of aryl methyl sites for hydroxylation is 1. The number of hydrogen-bond acceptors (Lipinski definition) is 3. The van der Waals surface area contributed by atoms with Gasteiger partial charge in [-0.25, -0.2) is 0 Å². The number of rotatable bonds is 6. The Balaban J connectivity index is 1.44. The van der Waals surface area contributed by atoms with Crippen LogP contribution in [0.25, 0.3) is 0 Å². The van der Waals surface area contributed by atoms with Gasteiger partial charge in [-0.05, 0) is 72.9 Å². The summed E-state index contributed by atoms with van der Waals surface area (Å²) in [7, 11) is 0. The first-order chi connectivity index (χ1) is 16.2. The van der Waals surface area contributed by atoms with Crippen LogP contribution in [-0.2, 0) is 23.1 Å². The maximum atomic E-state index is 13.0. The van der Waals surface area contributed by atoms with Gasteiger partial charge in [0.25, 0.3) is 5.91 Å². The van der Waals surface area contributed by atoms with Gasteiger partial charge in [-0.3, -0.25) is 9.59 Å². The van der Waals surface area contributed by atoms with Gasteiger partial charge in [0.05, 0.1) is 0 Å². The van der Waals surface area contributed by atoms with E-state index in [1.54, 1.807) is 31.2 Å². The number of carbonyl (C=O) groups excluding carboxylic acids is 2. The fourth-order valence-electron chi connectivity index (χ4n) is 4.37. The van der Waals surface area contributed by atoms with Crippen LogP contribution < -0.4 is 10.1 Å². The van der Waals surface area contributed by atoms with E-state index < -0.39 is 6.10 Å². The van der Waals surface area contributed by atoms with Crippen molar-refractivity contribution in [3.05, 3.63) is 94.5 Å². The molecule has 1 amide bonds. The Labute approximate surface area is 202 Å². The van der Waals surface area contributed by atoms with Crippen LogP contribution in [-0.4, -0.2) is 17.8 Å². The molecule has 1 aliphatic carbocycles. The zero-order valence-corrected chi connectivity index (χ0v) is 20.5. The number of fused-ring (bicyclic) bond motifs is 1. The van der Waals surface area contributed by atoms with Crippen molar-refractivity contribution < 1.29 is 14.3 Å². The van der Waals surface area contributed by atoms with Gasteiger partial charge in [-0.2, -0.15) is 0 Å². The highest BCUT2D eigenvalue weighted by atomic mass is 16.5. The van der Waals surface area contributed by atoms with Crippen molar-refractivity contribution in [2.45, 2.75) is 64.9 Å². The third kappa shape index (κ3) is 5.39. The van der Waals surface area contributed by atoms with Crippen LogP contribution >= 0.6 is 0 Å². The first-order valence-corrected chi connectivity index (χ1v) is 12.1. The number of hydrogen-bond donors (Lipinski definition) is 1. The molecule has 0 bridgehead atoms. The van der Waals surface area contributed by atoms with Gasteiger partial charge >= 0.3 is 0 Å². The Morgan fingerprint density at radius 2 is 1.59 bits per heavy atom. The molecule has 1 aliphatic rings. The molecular formula is C30H33NO3. The van der Waals surface area contributed by atoms with Crippen molar-refractivity contribution in [2.24, 2.45) is 0 Å². The average molecular weight is 456 g/mol. The van der Waals surface area contributed by atoms with E-state index in [2.05, 4.69) is 32.2 Å². The highest BCUT2D eigenvalue weighted by molar-refractivity contribution is 6.09. The van der Waals surface area contributed by atoms with E-state index in [0.29, 0.717) is 16.8 Å². The Hall–Kier alpha value is -3.40. The van der Waals surface area contributed by atoms with Crippen LogP contribution in [0.4, 0.5) is 5.69 Å². The van der Waals surface area contributed by atoms with Gasteiger partial charge in [-0.15, -0.1) is 0 Å². The summed E-state index contributed by atoms with van der Waals surface area (Å²) in [5, 5.41) is 2.90. The molecule has 0 saturated carbocycles. The summed E-state index contributed by atoms with van der Waals surface area (Å²) in [5.41, 5.74) is 5.49. The molecule has 0 heterocycles. The van der Waals surface area contributed by atoms with Crippen molar-refractivity contribution in [2.75, 3.05) is 5.32 Å². The fraction of sp³-hybridized carbons (Fsp3) is 0.333. The Morgan fingerprint density at radius 1 is 0.882 bits per heavy atom. The Kier molecular flexibility index (Phi) is 6.87. The smallest absolute Gasteiger partial charge is 0.265 e. The molecule has 0 fully saturated rings. The minimum atomic E-state index is -0.655. The van der Waals surface area contributed by atoms with E-state index in [0.717, 1.165) is 25.0 Å². The van der Waals surface area contributed by atoms with Crippen molar-refractivity contribution >= 4 is 17.4 Å². The summed E-state index contributed by atoms with van der Waals surface area (Å²) >= 11 is 0. The SMILES string of the molecule is C[C@H](Oc1cccc2c1CCCC2)C(=O)Nc1cccc(C(=O)c2ccc(C(C)(C)C)cc2)c1.